The maximum Gasteiger partial charge on any atom is 0.276 e. The zero-order valence-corrected chi connectivity index (χ0v) is 12.2. The monoisotopic (exact) mass is 285 g/mol. The summed E-state index contributed by atoms with van der Waals surface area (Å²) in [6, 6.07) is 2.71. The maximum absolute atomic E-state index is 12.4. The van der Waals surface area contributed by atoms with Crippen molar-refractivity contribution in [2.45, 2.75) is 32.3 Å². The van der Waals surface area contributed by atoms with Crippen molar-refractivity contribution >= 4 is 16.3 Å². The van der Waals surface area contributed by atoms with Crippen molar-refractivity contribution in [3.8, 4) is 0 Å². The van der Waals surface area contributed by atoms with Gasteiger partial charge in [0.1, 0.15) is 0 Å². The number of aldehydes is 1. The van der Waals surface area contributed by atoms with E-state index in [1.807, 2.05) is 0 Å². The highest BCUT2D eigenvalue weighted by molar-refractivity contribution is 7.89. The van der Waals surface area contributed by atoms with Crippen LogP contribution in [0.3, 0.4) is 0 Å². The summed E-state index contributed by atoms with van der Waals surface area (Å²) >= 11 is 0. The smallest absolute Gasteiger partial charge is 0.276 e. The average molecular weight is 285 g/mol. The van der Waals surface area contributed by atoms with Gasteiger partial charge in [-0.05, 0) is 29.9 Å². The van der Waals surface area contributed by atoms with Crippen LogP contribution >= 0.6 is 0 Å². The molecule has 2 heterocycles. The molecule has 1 saturated heterocycles. The normalized spacial score (nSPS) is 21.7. The molecule has 1 aromatic rings. The van der Waals surface area contributed by atoms with E-state index in [2.05, 4.69) is 20.8 Å². The third kappa shape index (κ3) is 2.74. The van der Waals surface area contributed by atoms with Gasteiger partial charge in [-0.3, -0.25) is 4.79 Å². The Morgan fingerprint density at radius 1 is 1.37 bits per heavy atom. The van der Waals surface area contributed by atoms with E-state index in [4.69, 9.17) is 4.42 Å². The Bertz CT molecular complexity index is 568. The van der Waals surface area contributed by atoms with Gasteiger partial charge in [0, 0.05) is 13.1 Å². The van der Waals surface area contributed by atoms with Crippen molar-refractivity contribution in [1.29, 1.82) is 0 Å². The van der Waals surface area contributed by atoms with E-state index in [1.54, 1.807) is 0 Å². The van der Waals surface area contributed by atoms with Gasteiger partial charge in [-0.15, -0.1) is 0 Å². The highest BCUT2D eigenvalue weighted by Gasteiger charge is 2.38. The van der Waals surface area contributed by atoms with E-state index in [0.29, 0.717) is 25.3 Å². The van der Waals surface area contributed by atoms with Crippen LogP contribution in [0.2, 0.25) is 0 Å². The molecule has 0 aromatic carbocycles. The number of carbonyl (C=O) groups is 1. The molecule has 1 aliphatic rings. The molecule has 0 saturated carbocycles. The number of furan rings is 1. The number of hydrogen-bond donors (Lipinski definition) is 0. The molecule has 0 amide bonds. The molecule has 1 aliphatic heterocycles. The minimum atomic E-state index is -3.61. The summed E-state index contributed by atoms with van der Waals surface area (Å²) in [4.78, 5) is 10.5. The van der Waals surface area contributed by atoms with Crippen LogP contribution in [0.1, 0.15) is 37.7 Å². The van der Waals surface area contributed by atoms with Crippen molar-refractivity contribution in [2.24, 2.45) is 11.3 Å². The molecule has 0 aliphatic carbocycles. The zero-order valence-electron chi connectivity index (χ0n) is 11.4. The lowest BCUT2D eigenvalue weighted by Crippen LogP contribution is -2.31. The lowest BCUT2D eigenvalue weighted by molar-refractivity contribution is 0.109. The van der Waals surface area contributed by atoms with Crippen molar-refractivity contribution in [2.75, 3.05) is 13.1 Å². The van der Waals surface area contributed by atoms with Crippen molar-refractivity contribution < 1.29 is 17.6 Å². The number of rotatable bonds is 3. The SMILES string of the molecule is CC(C)(C)C1CCN(S(=O)(=O)c2ccc(C=O)o2)C1. The standard InChI is InChI=1S/C13H19NO4S/c1-13(2,3)10-6-7-14(8-10)19(16,17)12-5-4-11(9-15)18-12/h4-5,9-10H,6-8H2,1-3H3. The summed E-state index contributed by atoms with van der Waals surface area (Å²) in [6.07, 6.45) is 1.35. The molecular weight excluding hydrogens is 266 g/mol. The van der Waals surface area contributed by atoms with Crippen LogP contribution in [0, 0.1) is 11.3 Å². The molecule has 1 atom stereocenters. The van der Waals surface area contributed by atoms with E-state index in [-0.39, 0.29) is 16.3 Å². The Morgan fingerprint density at radius 3 is 2.53 bits per heavy atom. The Morgan fingerprint density at radius 2 is 2.05 bits per heavy atom. The topological polar surface area (TPSA) is 67.6 Å². The predicted molar refractivity (Wildman–Crippen MR) is 70.4 cm³/mol. The lowest BCUT2D eigenvalue weighted by Gasteiger charge is -2.26. The van der Waals surface area contributed by atoms with Gasteiger partial charge in [0.05, 0.1) is 0 Å². The van der Waals surface area contributed by atoms with Gasteiger partial charge in [-0.1, -0.05) is 20.8 Å². The van der Waals surface area contributed by atoms with Crippen molar-refractivity contribution in [1.82, 2.24) is 4.31 Å². The van der Waals surface area contributed by atoms with Crippen LogP contribution < -0.4 is 0 Å². The first-order chi connectivity index (χ1) is 8.75. The number of nitrogens with zero attached hydrogens (tertiary/aromatic N) is 1. The molecular formula is C13H19NO4S. The molecule has 19 heavy (non-hydrogen) atoms. The third-order valence-electron chi connectivity index (χ3n) is 3.69. The largest absolute Gasteiger partial charge is 0.440 e. The Balaban J connectivity index is 2.20. The van der Waals surface area contributed by atoms with Gasteiger partial charge in [0.15, 0.2) is 12.0 Å². The molecule has 0 spiro atoms. The summed E-state index contributed by atoms with van der Waals surface area (Å²) in [5.74, 6) is 0.368. The maximum atomic E-state index is 12.4. The molecule has 5 nitrogen and oxygen atoms in total. The summed E-state index contributed by atoms with van der Waals surface area (Å²) in [5.41, 5.74) is 0.0847. The van der Waals surface area contributed by atoms with Gasteiger partial charge in [0.2, 0.25) is 5.09 Å². The van der Waals surface area contributed by atoms with E-state index < -0.39 is 10.0 Å². The third-order valence-corrected chi connectivity index (χ3v) is 5.43. The van der Waals surface area contributed by atoms with Gasteiger partial charge < -0.3 is 4.42 Å². The second kappa shape index (κ2) is 4.76. The number of sulfonamides is 1. The fraction of sp³-hybridized carbons (Fsp3) is 0.615. The van der Waals surface area contributed by atoms with Gasteiger partial charge >= 0.3 is 0 Å². The number of hydrogen-bond acceptors (Lipinski definition) is 4. The van der Waals surface area contributed by atoms with E-state index in [9.17, 15) is 13.2 Å². The quantitative estimate of drug-likeness (QED) is 0.798. The second-order valence-electron chi connectivity index (χ2n) is 5.99. The molecule has 106 valence electrons. The van der Waals surface area contributed by atoms with Gasteiger partial charge in [0.25, 0.3) is 10.0 Å². The van der Waals surface area contributed by atoms with Crippen LogP contribution in [0.5, 0.6) is 0 Å². The fourth-order valence-corrected chi connectivity index (χ4v) is 3.73. The summed E-state index contributed by atoms with van der Waals surface area (Å²) in [6.45, 7) is 7.35. The van der Waals surface area contributed by atoms with Crippen LogP contribution in [0.4, 0.5) is 0 Å². The van der Waals surface area contributed by atoms with Crippen LogP contribution in [0.15, 0.2) is 21.6 Å². The molecule has 1 aromatic heterocycles. The Labute approximate surface area is 113 Å². The average Bonchev–Trinajstić information content (AvgIpc) is 2.98. The van der Waals surface area contributed by atoms with Gasteiger partial charge in [-0.2, -0.15) is 4.31 Å². The first kappa shape index (κ1) is 14.3. The molecule has 0 bridgehead atoms. The van der Waals surface area contributed by atoms with Crippen molar-refractivity contribution in [3.63, 3.8) is 0 Å². The minimum absolute atomic E-state index is 0.0325. The van der Waals surface area contributed by atoms with Crippen LogP contribution in [0.25, 0.3) is 0 Å². The lowest BCUT2D eigenvalue weighted by atomic mass is 9.80. The predicted octanol–water partition coefficient (Wildman–Crippen LogP) is 2.15. The highest BCUT2D eigenvalue weighted by Crippen LogP contribution is 2.35. The molecule has 1 unspecified atom stereocenters. The van der Waals surface area contributed by atoms with E-state index in [1.165, 1.54) is 16.4 Å². The first-order valence-corrected chi connectivity index (χ1v) is 7.74. The van der Waals surface area contributed by atoms with E-state index in [0.717, 1.165) is 6.42 Å². The summed E-state index contributed by atoms with van der Waals surface area (Å²) < 4.78 is 31.2. The molecule has 2 rings (SSSR count). The fourth-order valence-electron chi connectivity index (χ4n) is 2.32. The molecule has 0 radical (unpaired) electrons. The van der Waals surface area contributed by atoms with E-state index >= 15 is 0 Å². The zero-order chi connectivity index (χ0) is 14.3. The number of carbonyl (C=O) groups excluding carboxylic acids is 1. The Hall–Kier alpha value is -1.14. The first-order valence-electron chi connectivity index (χ1n) is 6.30. The Kier molecular flexibility index (Phi) is 3.57. The molecule has 6 heteroatoms. The minimum Gasteiger partial charge on any atom is -0.440 e. The van der Waals surface area contributed by atoms with Gasteiger partial charge in [-0.25, -0.2) is 8.42 Å². The summed E-state index contributed by atoms with van der Waals surface area (Å²) in [7, 11) is -3.61. The molecule has 1 fully saturated rings. The highest BCUT2D eigenvalue weighted by atomic mass is 32.2. The molecule has 0 N–H and O–H groups in total. The second-order valence-corrected chi connectivity index (χ2v) is 7.86. The van der Waals surface area contributed by atoms with Crippen LogP contribution in [-0.4, -0.2) is 32.1 Å². The van der Waals surface area contributed by atoms with Crippen molar-refractivity contribution in [3.05, 3.63) is 17.9 Å². The summed E-state index contributed by atoms with van der Waals surface area (Å²) in [5, 5.41) is -0.149. The van der Waals surface area contributed by atoms with Crippen LogP contribution in [-0.2, 0) is 10.0 Å².